The molecule has 0 bridgehead atoms. The number of hydrogen-bond donors (Lipinski definition) is 1. The van der Waals surface area contributed by atoms with Gasteiger partial charge < -0.3 is 10.2 Å². The third-order valence-electron chi connectivity index (χ3n) is 4.28. The lowest BCUT2D eigenvalue weighted by Crippen LogP contribution is -2.44. The Hall–Kier alpha value is -1.63. The van der Waals surface area contributed by atoms with E-state index in [9.17, 15) is 4.79 Å². The first kappa shape index (κ1) is 17.2. The van der Waals surface area contributed by atoms with Crippen molar-refractivity contribution in [2.24, 2.45) is 0 Å². The quantitative estimate of drug-likeness (QED) is 0.904. The van der Waals surface area contributed by atoms with Gasteiger partial charge in [0.1, 0.15) is 0 Å². The number of aromatic nitrogens is 1. The number of hydrogen-bond acceptors (Lipinski definition) is 5. The predicted octanol–water partition coefficient (Wildman–Crippen LogP) is 3.34. The van der Waals surface area contributed by atoms with Crippen molar-refractivity contribution in [1.29, 1.82) is 0 Å². The third-order valence-corrected chi connectivity index (χ3v) is 5.44. The molecule has 3 rings (SSSR count). The zero-order valence-corrected chi connectivity index (χ0v) is 15.2. The van der Waals surface area contributed by atoms with Gasteiger partial charge in [-0.05, 0) is 25.5 Å². The number of carbonyl (C=O) groups excluding carboxylic acids is 1. The van der Waals surface area contributed by atoms with Crippen LogP contribution in [0.15, 0.2) is 35.8 Å². The molecule has 1 aliphatic rings. The Labute approximate surface area is 151 Å². The second-order valence-electron chi connectivity index (χ2n) is 5.84. The van der Waals surface area contributed by atoms with Gasteiger partial charge in [0, 0.05) is 37.8 Å². The summed E-state index contributed by atoms with van der Waals surface area (Å²) in [6.45, 7) is 5.56. The van der Waals surface area contributed by atoms with Gasteiger partial charge in [-0.15, -0.1) is 11.3 Å². The van der Waals surface area contributed by atoms with E-state index in [0.717, 1.165) is 37.7 Å². The number of benzene rings is 1. The minimum Gasteiger partial charge on any atom is -0.347 e. The summed E-state index contributed by atoms with van der Waals surface area (Å²) in [5.74, 6) is -0.0224. The number of para-hydroxylation sites is 1. The Morgan fingerprint density at radius 1 is 1.29 bits per heavy atom. The van der Waals surface area contributed by atoms with E-state index >= 15 is 0 Å². The van der Waals surface area contributed by atoms with Gasteiger partial charge in [0.25, 0.3) is 0 Å². The van der Waals surface area contributed by atoms with Crippen LogP contribution in [0.4, 0.5) is 10.8 Å². The third kappa shape index (κ3) is 4.06. The molecule has 1 fully saturated rings. The molecule has 1 N–H and O–H groups in total. The molecule has 2 aromatic rings. The molecule has 0 spiro atoms. The van der Waals surface area contributed by atoms with Gasteiger partial charge in [-0.2, -0.15) is 0 Å². The average molecular weight is 365 g/mol. The van der Waals surface area contributed by atoms with Gasteiger partial charge in [0.05, 0.1) is 16.8 Å². The van der Waals surface area contributed by atoms with Crippen LogP contribution < -0.4 is 10.2 Å². The highest BCUT2D eigenvalue weighted by atomic mass is 35.5. The lowest BCUT2D eigenvalue weighted by molar-refractivity contribution is -0.120. The van der Waals surface area contributed by atoms with Gasteiger partial charge in [-0.1, -0.05) is 23.7 Å². The standard InChI is InChI=1S/C17H21ClN4OS/c1-13(16(23)20-15-6-3-2-5-14(15)18)21-8-4-9-22(11-10-21)17-19-7-12-24-17/h2-3,5-7,12-13H,4,8-11H2,1H3,(H,20,23)/t13-/m1/s1. The van der Waals surface area contributed by atoms with E-state index in [1.54, 1.807) is 17.4 Å². The fourth-order valence-electron chi connectivity index (χ4n) is 2.85. The molecule has 128 valence electrons. The van der Waals surface area contributed by atoms with E-state index in [1.807, 2.05) is 36.7 Å². The molecule has 1 atom stereocenters. The Morgan fingerprint density at radius 3 is 2.88 bits per heavy atom. The second-order valence-corrected chi connectivity index (χ2v) is 7.12. The lowest BCUT2D eigenvalue weighted by atomic mass is 10.2. The van der Waals surface area contributed by atoms with E-state index in [0.29, 0.717) is 10.7 Å². The highest BCUT2D eigenvalue weighted by molar-refractivity contribution is 7.13. The van der Waals surface area contributed by atoms with Gasteiger partial charge in [-0.25, -0.2) is 4.98 Å². The molecule has 1 aromatic heterocycles. The lowest BCUT2D eigenvalue weighted by Gasteiger charge is -2.27. The van der Waals surface area contributed by atoms with E-state index in [2.05, 4.69) is 20.1 Å². The van der Waals surface area contributed by atoms with Crippen molar-refractivity contribution in [3.05, 3.63) is 40.9 Å². The fraction of sp³-hybridized carbons (Fsp3) is 0.412. The molecule has 0 radical (unpaired) electrons. The first-order valence-electron chi connectivity index (χ1n) is 8.09. The molecular weight excluding hydrogens is 344 g/mol. The highest BCUT2D eigenvalue weighted by Crippen LogP contribution is 2.22. The average Bonchev–Trinajstić information content (AvgIpc) is 3.01. The number of halogens is 1. The number of nitrogens with one attached hydrogen (secondary N) is 1. The molecule has 1 aromatic carbocycles. The minimum absolute atomic E-state index is 0.0224. The van der Waals surface area contributed by atoms with Crippen molar-refractivity contribution in [2.45, 2.75) is 19.4 Å². The van der Waals surface area contributed by atoms with Crippen LogP contribution >= 0.6 is 22.9 Å². The largest absolute Gasteiger partial charge is 0.347 e. The van der Waals surface area contributed by atoms with Crippen LogP contribution in [0.25, 0.3) is 0 Å². The van der Waals surface area contributed by atoms with Crippen molar-refractivity contribution < 1.29 is 4.79 Å². The van der Waals surface area contributed by atoms with Crippen molar-refractivity contribution in [3.8, 4) is 0 Å². The Morgan fingerprint density at radius 2 is 2.12 bits per heavy atom. The summed E-state index contributed by atoms with van der Waals surface area (Å²) in [6.07, 6.45) is 2.85. The molecule has 1 aliphatic heterocycles. The molecule has 7 heteroatoms. The van der Waals surface area contributed by atoms with Gasteiger partial charge in [0.15, 0.2) is 5.13 Å². The molecule has 2 heterocycles. The first-order chi connectivity index (χ1) is 11.6. The summed E-state index contributed by atoms with van der Waals surface area (Å²) >= 11 is 7.78. The summed E-state index contributed by atoms with van der Waals surface area (Å²) in [4.78, 5) is 21.5. The normalized spacial score (nSPS) is 17.3. The van der Waals surface area contributed by atoms with Crippen LogP contribution in [0, 0.1) is 0 Å². The van der Waals surface area contributed by atoms with Gasteiger partial charge >= 0.3 is 0 Å². The zero-order chi connectivity index (χ0) is 16.9. The van der Waals surface area contributed by atoms with E-state index < -0.39 is 0 Å². The Kier molecular flexibility index (Phi) is 5.71. The van der Waals surface area contributed by atoms with Crippen LogP contribution in [0.3, 0.4) is 0 Å². The maximum Gasteiger partial charge on any atom is 0.241 e. The number of carbonyl (C=O) groups is 1. The summed E-state index contributed by atoms with van der Waals surface area (Å²) in [5, 5.41) is 6.55. The maximum absolute atomic E-state index is 12.6. The summed E-state index contributed by atoms with van der Waals surface area (Å²) in [6, 6.07) is 7.12. The molecule has 1 amide bonds. The second kappa shape index (κ2) is 7.96. The van der Waals surface area contributed by atoms with Crippen molar-refractivity contribution in [2.75, 3.05) is 36.4 Å². The first-order valence-corrected chi connectivity index (χ1v) is 9.35. The van der Waals surface area contributed by atoms with Crippen LogP contribution in [0.2, 0.25) is 5.02 Å². The van der Waals surface area contributed by atoms with Crippen LogP contribution in [0.5, 0.6) is 0 Å². The highest BCUT2D eigenvalue weighted by Gasteiger charge is 2.25. The molecule has 0 unspecified atom stereocenters. The molecule has 24 heavy (non-hydrogen) atoms. The Balaban J connectivity index is 1.59. The smallest absolute Gasteiger partial charge is 0.241 e. The van der Waals surface area contributed by atoms with Crippen LogP contribution in [-0.2, 0) is 4.79 Å². The maximum atomic E-state index is 12.6. The SMILES string of the molecule is C[C@H](C(=O)Nc1ccccc1Cl)N1CCCN(c2nccs2)CC1. The molecular formula is C17H21ClN4OS. The van der Waals surface area contributed by atoms with Gasteiger partial charge in [0.2, 0.25) is 5.91 Å². The van der Waals surface area contributed by atoms with E-state index in [-0.39, 0.29) is 11.9 Å². The minimum atomic E-state index is -0.197. The number of anilines is 2. The predicted molar refractivity (Wildman–Crippen MR) is 100 cm³/mol. The number of nitrogens with zero attached hydrogens (tertiary/aromatic N) is 3. The molecule has 0 aliphatic carbocycles. The monoisotopic (exact) mass is 364 g/mol. The van der Waals surface area contributed by atoms with E-state index in [1.165, 1.54) is 0 Å². The van der Waals surface area contributed by atoms with Crippen molar-refractivity contribution in [3.63, 3.8) is 0 Å². The van der Waals surface area contributed by atoms with Crippen LogP contribution in [0.1, 0.15) is 13.3 Å². The van der Waals surface area contributed by atoms with Crippen LogP contribution in [-0.4, -0.2) is 48.0 Å². The number of rotatable bonds is 4. The van der Waals surface area contributed by atoms with Crippen molar-refractivity contribution >= 4 is 39.7 Å². The molecule has 1 saturated heterocycles. The molecule has 0 saturated carbocycles. The zero-order valence-electron chi connectivity index (χ0n) is 13.6. The van der Waals surface area contributed by atoms with E-state index in [4.69, 9.17) is 11.6 Å². The topological polar surface area (TPSA) is 48.5 Å². The number of thiazole rings is 1. The van der Waals surface area contributed by atoms with Gasteiger partial charge in [-0.3, -0.25) is 9.69 Å². The summed E-state index contributed by atoms with van der Waals surface area (Å²) < 4.78 is 0. The summed E-state index contributed by atoms with van der Waals surface area (Å²) in [7, 11) is 0. The van der Waals surface area contributed by atoms with Crippen molar-refractivity contribution in [1.82, 2.24) is 9.88 Å². The summed E-state index contributed by atoms with van der Waals surface area (Å²) in [5.41, 5.74) is 0.662. The molecule has 5 nitrogen and oxygen atoms in total. The fourth-order valence-corrected chi connectivity index (χ4v) is 3.73. The number of amides is 1. The Bertz CT molecular complexity index is 679.